The number of carbonyl (C=O) groups excluding carboxylic acids is 1. The Kier molecular flexibility index (Phi) is 4.88. The first-order valence-electron chi connectivity index (χ1n) is 5.06. The van der Waals surface area contributed by atoms with E-state index >= 15 is 0 Å². The van der Waals surface area contributed by atoms with Crippen molar-refractivity contribution >= 4 is 11.6 Å². The van der Waals surface area contributed by atoms with Crippen molar-refractivity contribution in [1.82, 2.24) is 4.90 Å². The Morgan fingerprint density at radius 2 is 2.19 bits per heavy atom. The summed E-state index contributed by atoms with van der Waals surface area (Å²) >= 11 is 0. The van der Waals surface area contributed by atoms with Crippen molar-refractivity contribution in [2.45, 2.75) is 0 Å². The molecule has 4 nitrogen and oxygen atoms in total. The third-order valence-electron chi connectivity index (χ3n) is 2.07. The second kappa shape index (κ2) is 6.19. The van der Waals surface area contributed by atoms with E-state index in [2.05, 4.69) is 5.32 Å². The Balaban J connectivity index is 2.49. The Labute approximate surface area is 94.2 Å². The number of halogens is 1. The number of hydrogen-bond donors (Lipinski definition) is 2. The fraction of sp³-hybridized carbons (Fsp3) is 0.364. The van der Waals surface area contributed by atoms with Crippen LogP contribution in [0, 0.1) is 5.82 Å². The number of likely N-dealkylation sites (N-methyl/N-ethyl adjacent to an activating group) is 1. The number of hydrogen-bond acceptors (Lipinski definition) is 3. The van der Waals surface area contributed by atoms with Crippen LogP contribution < -0.4 is 11.1 Å². The molecular weight excluding hydrogens is 209 g/mol. The van der Waals surface area contributed by atoms with E-state index in [-0.39, 0.29) is 18.1 Å². The first-order chi connectivity index (χ1) is 7.63. The highest BCUT2D eigenvalue weighted by Gasteiger charge is 2.08. The van der Waals surface area contributed by atoms with Gasteiger partial charge in [-0.05, 0) is 19.2 Å². The number of nitrogens with one attached hydrogen (secondary N) is 1. The SMILES string of the molecule is CN(CCN)CC(=O)Nc1ccccc1F. The molecule has 0 fully saturated rings. The van der Waals surface area contributed by atoms with Gasteiger partial charge in [0.15, 0.2) is 0 Å². The molecule has 1 aromatic carbocycles. The Morgan fingerprint density at radius 1 is 1.50 bits per heavy atom. The van der Waals surface area contributed by atoms with Crippen molar-refractivity contribution in [2.24, 2.45) is 5.73 Å². The normalized spacial score (nSPS) is 10.5. The maximum absolute atomic E-state index is 13.2. The van der Waals surface area contributed by atoms with E-state index in [1.54, 1.807) is 24.1 Å². The fourth-order valence-corrected chi connectivity index (χ4v) is 1.30. The minimum Gasteiger partial charge on any atom is -0.329 e. The van der Waals surface area contributed by atoms with Crippen LogP contribution in [0.25, 0.3) is 0 Å². The van der Waals surface area contributed by atoms with Crippen molar-refractivity contribution in [3.8, 4) is 0 Å². The largest absolute Gasteiger partial charge is 0.329 e. The molecule has 0 aliphatic carbocycles. The highest BCUT2D eigenvalue weighted by Crippen LogP contribution is 2.11. The van der Waals surface area contributed by atoms with Crippen molar-refractivity contribution in [1.29, 1.82) is 0 Å². The highest BCUT2D eigenvalue weighted by molar-refractivity contribution is 5.92. The quantitative estimate of drug-likeness (QED) is 0.773. The average molecular weight is 225 g/mol. The van der Waals surface area contributed by atoms with E-state index in [4.69, 9.17) is 5.73 Å². The van der Waals surface area contributed by atoms with Crippen LogP contribution in [-0.4, -0.2) is 37.5 Å². The van der Waals surface area contributed by atoms with Crippen LogP contribution in [0.5, 0.6) is 0 Å². The van der Waals surface area contributed by atoms with Gasteiger partial charge in [-0.2, -0.15) is 0 Å². The number of para-hydroxylation sites is 1. The lowest BCUT2D eigenvalue weighted by atomic mass is 10.3. The van der Waals surface area contributed by atoms with E-state index in [1.807, 2.05) is 0 Å². The number of nitrogens with zero attached hydrogens (tertiary/aromatic N) is 1. The lowest BCUT2D eigenvalue weighted by Gasteiger charge is -2.14. The molecular formula is C11H16FN3O. The number of benzene rings is 1. The predicted molar refractivity (Wildman–Crippen MR) is 61.6 cm³/mol. The zero-order chi connectivity index (χ0) is 12.0. The van der Waals surface area contributed by atoms with Gasteiger partial charge in [0.2, 0.25) is 5.91 Å². The summed E-state index contributed by atoms with van der Waals surface area (Å²) in [4.78, 5) is 13.3. The van der Waals surface area contributed by atoms with Crippen LogP contribution in [0.1, 0.15) is 0 Å². The van der Waals surface area contributed by atoms with E-state index in [1.165, 1.54) is 12.1 Å². The zero-order valence-electron chi connectivity index (χ0n) is 9.24. The van der Waals surface area contributed by atoms with E-state index < -0.39 is 5.82 Å². The molecule has 16 heavy (non-hydrogen) atoms. The second-order valence-corrected chi connectivity index (χ2v) is 3.55. The summed E-state index contributed by atoms with van der Waals surface area (Å²) in [7, 11) is 1.79. The van der Waals surface area contributed by atoms with Gasteiger partial charge in [-0.3, -0.25) is 9.69 Å². The standard InChI is InChI=1S/C11H16FN3O/c1-15(7-6-13)8-11(16)14-10-5-3-2-4-9(10)12/h2-5H,6-8,13H2,1H3,(H,14,16). The van der Waals surface area contributed by atoms with Gasteiger partial charge in [-0.15, -0.1) is 0 Å². The molecule has 0 bridgehead atoms. The summed E-state index contributed by atoms with van der Waals surface area (Å²) < 4.78 is 13.2. The molecule has 0 radical (unpaired) electrons. The predicted octanol–water partition coefficient (Wildman–Crippen LogP) is 0.655. The van der Waals surface area contributed by atoms with Crippen LogP contribution >= 0.6 is 0 Å². The summed E-state index contributed by atoms with van der Waals surface area (Å²) in [5.41, 5.74) is 5.55. The highest BCUT2D eigenvalue weighted by atomic mass is 19.1. The molecule has 0 aliphatic rings. The molecule has 0 aliphatic heterocycles. The average Bonchev–Trinajstić information content (AvgIpc) is 2.21. The van der Waals surface area contributed by atoms with Gasteiger partial charge in [0.25, 0.3) is 0 Å². The molecule has 0 saturated heterocycles. The lowest BCUT2D eigenvalue weighted by Crippen LogP contribution is -2.33. The van der Waals surface area contributed by atoms with Crippen LogP contribution in [0.3, 0.4) is 0 Å². The van der Waals surface area contributed by atoms with Crippen molar-refractivity contribution in [2.75, 3.05) is 32.0 Å². The summed E-state index contributed by atoms with van der Waals surface area (Å²) in [5, 5.41) is 2.50. The number of amides is 1. The number of nitrogens with two attached hydrogens (primary N) is 1. The van der Waals surface area contributed by atoms with Crippen LogP contribution in [-0.2, 0) is 4.79 Å². The Bertz CT molecular complexity index is 357. The Hall–Kier alpha value is -1.46. The van der Waals surface area contributed by atoms with Crippen LogP contribution in [0.4, 0.5) is 10.1 Å². The molecule has 1 amide bonds. The second-order valence-electron chi connectivity index (χ2n) is 3.55. The van der Waals surface area contributed by atoms with Crippen LogP contribution in [0.15, 0.2) is 24.3 Å². The molecule has 0 spiro atoms. The molecule has 0 aromatic heterocycles. The van der Waals surface area contributed by atoms with Gasteiger partial charge in [0.05, 0.1) is 12.2 Å². The molecule has 1 aromatic rings. The number of rotatable bonds is 5. The zero-order valence-corrected chi connectivity index (χ0v) is 9.24. The first-order valence-corrected chi connectivity index (χ1v) is 5.06. The smallest absolute Gasteiger partial charge is 0.238 e. The monoisotopic (exact) mass is 225 g/mol. The van der Waals surface area contributed by atoms with Gasteiger partial charge in [0.1, 0.15) is 5.82 Å². The van der Waals surface area contributed by atoms with Crippen molar-refractivity contribution in [3.63, 3.8) is 0 Å². The third-order valence-corrected chi connectivity index (χ3v) is 2.07. The van der Waals surface area contributed by atoms with Crippen molar-refractivity contribution < 1.29 is 9.18 Å². The molecule has 0 atom stereocenters. The van der Waals surface area contributed by atoms with Gasteiger partial charge in [-0.1, -0.05) is 12.1 Å². The molecule has 0 saturated carbocycles. The van der Waals surface area contributed by atoms with Crippen molar-refractivity contribution in [3.05, 3.63) is 30.1 Å². The molecule has 5 heteroatoms. The summed E-state index contributed by atoms with van der Waals surface area (Å²) in [6.07, 6.45) is 0. The Morgan fingerprint density at radius 3 is 2.81 bits per heavy atom. The number of carbonyl (C=O) groups is 1. The summed E-state index contributed by atoms with van der Waals surface area (Å²) in [6.45, 7) is 1.32. The molecule has 3 N–H and O–H groups in total. The van der Waals surface area contributed by atoms with E-state index in [0.29, 0.717) is 13.1 Å². The fourth-order valence-electron chi connectivity index (χ4n) is 1.30. The van der Waals surface area contributed by atoms with E-state index in [0.717, 1.165) is 0 Å². The maximum Gasteiger partial charge on any atom is 0.238 e. The van der Waals surface area contributed by atoms with E-state index in [9.17, 15) is 9.18 Å². The first kappa shape index (κ1) is 12.6. The molecule has 1 rings (SSSR count). The van der Waals surface area contributed by atoms with Gasteiger partial charge < -0.3 is 11.1 Å². The van der Waals surface area contributed by atoms with Gasteiger partial charge in [-0.25, -0.2) is 4.39 Å². The maximum atomic E-state index is 13.2. The lowest BCUT2D eigenvalue weighted by molar-refractivity contribution is -0.117. The molecule has 88 valence electrons. The summed E-state index contributed by atoms with van der Waals surface area (Å²) in [5.74, 6) is -0.682. The van der Waals surface area contributed by atoms with Crippen LogP contribution in [0.2, 0.25) is 0 Å². The van der Waals surface area contributed by atoms with Gasteiger partial charge >= 0.3 is 0 Å². The summed E-state index contributed by atoms with van der Waals surface area (Å²) in [6, 6.07) is 6.07. The van der Waals surface area contributed by atoms with Gasteiger partial charge in [0, 0.05) is 13.1 Å². The minimum atomic E-state index is -0.433. The minimum absolute atomic E-state index is 0.200. The number of anilines is 1. The molecule has 0 unspecified atom stereocenters. The molecule has 0 heterocycles. The third kappa shape index (κ3) is 3.96. The topological polar surface area (TPSA) is 58.4 Å².